The van der Waals surface area contributed by atoms with Gasteiger partial charge in [-0.05, 0) is 56.9 Å². The standard InChI is InChI=1S/C23H30N6O2S/c1-14-20(22-28-18-11-24-7-6-19(18)32-22)21(27-17-5-4-16(10-17)12-30)29-23(26-14)25-8-9-31-13-15-2-3-15/h6-7,11,15-17,30H,2-5,8-10,12-13H2,1H3,(H2,25,26,27,29). The number of ether oxygens (including phenoxy) is 1. The van der Waals surface area contributed by atoms with Crippen molar-refractivity contribution in [2.45, 2.75) is 45.1 Å². The third-order valence-electron chi connectivity index (χ3n) is 6.21. The maximum absolute atomic E-state index is 9.54. The molecule has 0 amide bonds. The normalized spacial score (nSPS) is 20.7. The molecule has 0 bridgehead atoms. The lowest BCUT2D eigenvalue weighted by atomic mass is 10.1. The van der Waals surface area contributed by atoms with Gasteiger partial charge >= 0.3 is 0 Å². The zero-order chi connectivity index (χ0) is 21.9. The number of aliphatic hydroxyl groups is 1. The maximum atomic E-state index is 9.54. The summed E-state index contributed by atoms with van der Waals surface area (Å²) in [6.07, 6.45) is 9.18. The van der Waals surface area contributed by atoms with E-state index in [1.54, 1.807) is 23.7 Å². The van der Waals surface area contributed by atoms with Gasteiger partial charge in [-0.15, -0.1) is 11.3 Å². The fourth-order valence-electron chi connectivity index (χ4n) is 4.23. The Morgan fingerprint density at radius 1 is 1.16 bits per heavy atom. The van der Waals surface area contributed by atoms with E-state index in [9.17, 15) is 5.11 Å². The molecule has 2 atom stereocenters. The summed E-state index contributed by atoms with van der Waals surface area (Å²) in [5.74, 6) is 2.52. The number of anilines is 2. The summed E-state index contributed by atoms with van der Waals surface area (Å²) in [6.45, 7) is 4.43. The van der Waals surface area contributed by atoms with E-state index in [2.05, 4.69) is 15.6 Å². The Morgan fingerprint density at radius 3 is 2.81 bits per heavy atom. The van der Waals surface area contributed by atoms with Crippen molar-refractivity contribution in [2.75, 3.05) is 37.0 Å². The first kappa shape index (κ1) is 21.5. The van der Waals surface area contributed by atoms with Crippen LogP contribution < -0.4 is 10.6 Å². The fourth-order valence-corrected chi connectivity index (χ4v) is 5.26. The summed E-state index contributed by atoms with van der Waals surface area (Å²) >= 11 is 1.63. The molecule has 2 unspecified atom stereocenters. The zero-order valence-corrected chi connectivity index (χ0v) is 19.2. The van der Waals surface area contributed by atoms with Gasteiger partial charge in [0.2, 0.25) is 5.95 Å². The number of nitrogens with zero attached hydrogens (tertiary/aromatic N) is 4. The number of hydrogen-bond donors (Lipinski definition) is 3. The number of aliphatic hydroxyl groups excluding tert-OH is 1. The van der Waals surface area contributed by atoms with E-state index in [1.807, 2.05) is 13.0 Å². The smallest absolute Gasteiger partial charge is 0.224 e. The number of hydrogen-bond acceptors (Lipinski definition) is 9. The van der Waals surface area contributed by atoms with E-state index < -0.39 is 0 Å². The van der Waals surface area contributed by atoms with Crippen LogP contribution in [0.1, 0.15) is 37.8 Å². The number of thiazole rings is 1. The van der Waals surface area contributed by atoms with Crippen molar-refractivity contribution >= 4 is 33.3 Å². The average Bonchev–Trinajstić information content (AvgIpc) is 3.33. The zero-order valence-electron chi connectivity index (χ0n) is 18.4. The van der Waals surface area contributed by atoms with Crippen molar-refractivity contribution in [3.8, 4) is 10.6 Å². The highest BCUT2D eigenvalue weighted by Gasteiger charge is 2.27. The largest absolute Gasteiger partial charge is 0.396 e. The fraction of sp³-hybridized carbons (Fsp3) is 0.565. The number of nitrogens with one attached hydrogen (secondary N) is 2. The highest BCUT2D eigenvalue weighted by molar-refractivity contribution is 7.21. The van der Waals surface area contributed by atoms with Crippen LogP contribution in [0.4, 0.5) is 11.8 Å². The number of aromatic nitrogens is 4. The van der Waals surface area contributed by atoms with E-state index in [1.165, 1.54) is 12.8 Å². The number of fused-ring (bicyclic) bond motifs is 1. The second-order valence-corrected chi connectivity index (χ2v) is 9.90. The monoisotopic (exact) mass is 454 g/mol. The molecule has 170 valence electrons. The first-order chi connectivity index (χ1) is 15.7. The molecular weight excluding hydrogens is 424 g/mol. The molecule has 3 N–H and O–H groups in total. The van der Waals surface area contributed by atoms with Gasteiger partial charge in [0.25, 0.3) is 0 Å². The molecule has 3 heterocycles. The number of pyridine rings is 1. The van der Waals surface area contributed by atoms with Crippen LogP contribution in [0.25, 0.3) is 20.8 Å². The summed E-state index contributed by atoms with van der Waals surface area (Å²) in [4.78, 5) is 18.6. The van der Waals surface area contributed by atoms with Crippen molar-refractivity contribution in [3.63, 3.8) is 0 Å². The van der Waals surface area contributed by atoms with E-state index in [4.69, 9.17) is 19.7 Å². The van der Waals surface area contributed by atoms with Crippen LogP contribution >= 0.6 is 11.3 Å². The summed E-state index contributed by atoms with van der Waals surface area (Å²) in [5.41, 5.74) is 2.70. The minimum atomic E-state index is 0.242. The summed E-state index contributed by atoms with van der Waals surface area (Å²) in [5, 5.41) is 17.4. The Bertz CT molecular complexity index is 1040. The molecule has 3 aromatic rings. The molecule has 32 heavy (non-hydrogen) atoms. The van der Waals surface area contributed by atoms with Crippen molar-refractivity contribution in [2.24, 2.45) is 11.8 Å². The minimum Gasteiger partial charge on any atom is -0.396 e. The molecule has 0 saturated heterocycles. The van der Waals surface area contributed by atoms with E-state index in [-0.39, 0.29) is 12.6 Å². The van der Waals surface area contributed by atoms with Gasteiger partial charge in [-0.2, -0.15) is 4.98 Å². The molecule has 9 heteroatoms. The Morgan fingerprint density at radius 2 is 2.03 bits per heavy atom. The molecule has 0 aromatic carbocycles. The number of rotatable bonds is 10. The third kappa shape index (κ3) is 5.00. The van der Waals surface area contributed by atoms with Crippen molar-refractivity contribution in [3.05, 3.63) is 24.2 Å². The van der Waals surface area contributed by atoms with Gasteiger partial charge in [-0.3, -0.25) is 4.98 Å². The van der Waals surface area contributed by atoms with Crippen molar-refractivity contribution < 1.29 is 9.84 Å². The average molecular weight is 455 g/mol. The van der Waals surface area contributed by atoms with Gasteiger partial charge in [-0.1, -0.05) is 0 Å². The molecular formula is C23H30N6O2S. The SMILES string of the molecule is Cc1nc(NCCOCC2CC2)nc(NC2CCC(CO)C2)c1-c1nc2cnccc2s1. The van der Waals surface area contributed by atoms with E-state index >= 15 is 0 Å². The highest BCUT2D eigenvalue weighted by atomic mass is 32.1. The van der Waals surface area contributed by atoms with Gasteiger partial charge in [0.1, 0.15) is 16.3 Å². The Balaban J connectivity index is 1.38. The second kappa shape index (κ2) is 9.64. The van der Waals surface area contributed by atoms with Crippen LogP contribution in [0.15, 0.2) is 18.5 Å². The Hall–Kier alpha value is -2.36. The lowest BCUT2D eigenvalue weighted by Crippen LogP contribution is -2.20. The highest BCUT2D eigenvalue weighted by Crippen LogP contribution is 2.37. The topological polar surface area (TPSA) is 105 Å². The van der Waals surface area contributed by atoms with Crippen LogP contribution in [-0.2, 0) is 4.74 Å². The Labute approximate surface area is 191 Å². The summed E-state index contributed by atoms with van der Waals surface area (Å²) in [6, 6.07) is 2.27. The van der Waals surface area contributed by atoms with E-state index in [0.717, 1.165) is 64.1 Å². The predicted octanol–water partition coefficient (Wildman–Crippen LogP) is 3.87. The lowest BCUT2D eigenvalue weighted by Gasteiger charge is -2.18. The van der Waals surface area contributed by atoms with Crippen LogP contribution in [0.5, 0.6) is 0 Å². The van der Waals surface area contributed by atoms with Gasteiger partial charge in [0.05, 0.1) is 28.8 Å². The third-order valence-corrected chi connectivity index (χ3v) is 7.27. The predicted molar refractivity (Wildman–Crippen MR) is 127 cm³/mol. The van der Waals surface area contributed by atoms with Crippen LogP contribution in [0.2, 0.25) is 0 Å². The Kier molecular flexibility index (Phi) is 6.47. The molecule has 2 aliphatic rings. The molecule has 3 aromatic heterocycles. The maximum Gasteiger partial charge on any atom is 0.224 e. The first-order valence-electron chi connectivity index (χ1n) is 11.5. The molecule has 5 rings (SSSR count). The summed E-state index contributed by atoms with van der Waals surface area (Å²) in [7, 11) is 0. The van der Waals surface area contributed by atoms with Gasteiger partial charge in [0, 0.05) is 32.0 Å². The molecule has 8 nitrogen and oxygen atoms in total. The molecule has 0 spiro atoms. The molecule has 0 radical (unpaired) electrons. The van der Waals surface area contributed by atoms with Crippen molar-refractivity contribution in [1.29, 1.82) is 0 Å². The van der Waals surface area contributed by atoms with Gasteiger partial charge < -0.3 is 20.5 Å². The molecule has 2 fully saturated rings. The first-order valence-corrected chi connectivity index (χ1v) is 12.3. The van der Waals surface area contributed by atoms with Crippen LogP contribution in [0.3, 0.4) is 0 Å². The molecule has 2 aliphatic carbocycles. The second-order valence-electron chi connectivity index (χ2n) is 8.87. The van der Waals surface area contributed by atoms with Gasteiger partial charge in [-0.25, -0.2) is 9.97 Å². The number of aryl methyl sites for hydroxylation is 1. The quantitative estimate of drug-likeness (QED) is 0.397. The van der Waals surface area contributed by atoms with Crippen LogP contribution in [-0.4, -0.2) is 57.4 Å². The lowest BCUT2D eigenvalue weighted by molar-refractivity contribution is 0.133. The summed E-state index contributed by atoms with van der Waals surface area (Å²) < 4.78 is 6.82. The van der Waals surface area contributed by atoms with E-state index in [0.29, 0.717) is 25.0 Å². The molecule has 2 saturated carbocycles. The van der Waals surface area contributed by atoms with Crippen molar-refractivity contribution in [1.82, 2.24) is 19.9 Å². The van der Waals surface area contributed by atoms with Gasteiger partial charge in [0.15, 0.2) is 0 Å². The molecule has 0 aliphatic heterocycles. The minimum absolute atomic E-state index is 0.242. The van der Waals surface area contributed by atoms with Crippen LogP contribution in [0, 0.1) is 18.8 Å².